The number of oxazole rings is 1. The van der Waals surface area contributed by atoms with Gasteiger partial charge in [-0.05, 0) is 18.2 Å². The average molecular weight is 307 g/mol. The zero-order chi connectivity index (χ0) is 12.7. The highest BCUT2D eigenvalue weighted by atomic mass is 79.9. The number of nitrogen functional groups attached to an aromatic ring is 1. The van der Waals surface area contributed by atoms with Gasteiger partial charge in [0.25, 0.3) is 0 Å². The molecule has 0 spiro atoms. The molecular weight excluding hydrogens is 299 g/mol. The summed E-state index contributed by atoms with van der Waals surface area (Å²) in [6.07, 6.45) is 0. The molecule has 0 saturated carbocycles. The first kappa shape index (κ1) is 11.2. The van der Waals surface area contributed by atoms with E-state index in [1.165, 1.54) is 12.1 Å². The molecule has 3 aromatic rings. The summed E-state index contributed by atoms with van der Waals surface area (Å²) in [7, 11) is 0. The Labute approximate surface area is 111 Å². The lowest BCUT2D eigenvalue weighted by Gasteiger charge is -1.95. The molecule has 5 heteroatoms. The van der Waals surface area contributed by atoms with Gasteiger partial charge in [0.15, 0.2) is 5.58 Å². The Bertz CT molecular complexity index is 739. The molecule has 0 unspecified atom stereocenters. The highest BCUT2D eigenvalue weighted by Gasteiger charge is 2.12. The van der Waals surface area contributed by atoms with Crippen LogP contribution in [0.2, 0.25) is 0 Å². The number of benzene rings is 2. The summed E-state index contributed by atoms with van der Waals surface area (Å²) < 4.78 is 19.7. The van der Waals surface area contributed by atoms with E-state index in [9.17, 15) is 4.39 Å². The zero-order valence-electron chi connectivity index (χ0n) is 9.15. The molecule has 0 bridgehead atoms. The van der Waals surface area contributed by atoms with Crippen molar-refractivity contribution in [2.75, 3.05) is 5.73 Å². The molecule has 0 aliphatic heterocycles. The fourth-order valence-corrected chi connectivity index (χ4v) is 2.17. The van der Waals surface area contributed by atoms with Crippen LogP contribution in [0.15, 0.2) is 45.3 Å². The quantitative estimate of drug-likeness (QED) is 0.692. The van der Waals surface area contributed by atoms with E-state index in [4.69, 9.17) is 10.2 Å². The van der Waals surface area contributed by atoms with E-state index in [-0.39, 0.29) is 5.69 Å². The Morgan fingerprint density at radius 2 is 2.06 bits per heavy atom. The first-order valence-electron chi connectivity index (χ1n) is 5.25. The van der Waals surface area contributed by atoms with Crippen LogP contribution in [0.3, 0.4) is 0 Å². The van der Waals surface area contributed by atoms with E-state index >= 15 is 0 Å². The molecule has 3 nitrogen and oxygen atoms in total. The van der Waals surface area contributed by atoms with E-state index in [0.717, 1.165) is 10.0 Å². The molecule has 3 rings (SSSR count). The fourth-order valence-electron chi connectivity index (χ4n) is 1.77. The van der Waals surface area contributed by atoms with Crippen LogP contribution in [0.1, 0.15) is 0 Å². The van der Waals surface area contributed by atoms with Gasteiger partial charge in [-0.2, -0.15) is 0 Å². The molecule has 0 amide bonds. The van der Waals surface area contributed by atoms with Crippen LogP contribution in [0.4, 0.5) is 10.1 Å². The Morgan fingerprint density at radius 1 is 1.22 bits per heavy atom. The van der Waals surface area contributed by atoms with Crippen molar-refractivity contribution in [1.82, 2.24) is 4.98 Å². The second-order valence-electron chi connectivity index (χ2n) is 3.87. The minimum absolute atomic E-state index is 0.249. The van der Waals surface area contributed by atoms with Gasteiger partial charge in [0.05, 0.1) is 5.69 Å². The van der Waals surface area contributed by atoms with Crippen molar-refractivity contribution in [3.8, 4) is 11.5 Å². The monoisotopic (exact) mass is 306 g/mol. The molecule has 18 heavy (non-hydrogen) atoms. The Morgan fingerprint density at radius 3 is 2.83 bits per heavy atom. The summed E-state index contributed by atoms with van der Waals surface area (Å²) in [5, 5.41) is 0. The lowest BCUT2D eigenvalue weighted by atomic mass is 10.2. The number of halogens is 2. The summed E-state index contributed by atoms with van der Waals surface area (Å²) in [5.74, 6) is -0.00214. The zero-order valence-corrected chi connectivity index (χ0v) is 10.7. The molecule has 2 N–H and O–H groups in total. The number of nitrogens with two attached hydrogens (primary N) is 1. The van der Waals surface area contributed by atoms with Crippen molar-refractivity contribution in [2.45, 2.75) is 0 Å². The standard InChI is InChI=1S/C13H8BrFN2O/c14-8-3-1-2-7(4-8)13-17-11-6-9(15)5-10(16)12(11)18-13/h1-6H,16H2. The molecule has 0 aliphatic rings. The molecule has 0 fully saturated rings. The SMILES string of the molecule is Nc1cc(F)cc2nc(-c3cccc(Br)c3)oc12. The van der Waals surface area contributed by atoms with E-state index < -0.39 is 5.82 Å². The van der Waals surface area contributed by atoms with Gasteiger partial charge >= 0.3 is 0 Å². The number of hydrogen-bond donors (Lipinski definition) is 1. The summed E-state index contributed by atoms with van der Waals surface area (Å²) in [4.78, 5) is 4.24. The molecule has 1 aromatic heterocycles. The first-order chi connectivity index (χ1) is 8.63. The highest BCUT2D eigenvalue weighted by Crippen LogP contribution is 2.29. The lowest BCUT2D eigenvalue weighted by Crippen LogP contribution is -1.86. The van der Waals surface area contributed by atoms with Gasteiger partial charge in [0.2, 0.25) is 5.89 Å². The van der Waals surface area contributed by atoms with Crippen LogP contribution in [-0.4, -0.2) is 4.98 Å². The molecule has 0 saturated heterocycles. The van der Waals surface area contributed by atoms with Gasteiger partial charge in [-0.3, -0.25) is 0 Å². The molecule has 1 heterocycles. The van der Waals surface area contributed by atoms with E-state index in [2.05, 4.69) is 20.9 Å². The molecule has 0 radical (unpaired) electrons. The summed E-state index contributed by atoms with van der Waals surface area (Å²) >= 11 is 3.38. The molecule has 2 aromatic carbocycles. The lowest BCUT2D eigenvalue weighted by molar-refractivity contribution is 0.615. The van der Waals surface area contributed by atoms with Crippen LogP contribution in [0.5, 0.6) is 0 Å². The third-order valence-electron chi connectivity index (χ3n) is 2.56. The average Bonchev–Trinajstić information content (AvgIpc) is 2.73. The van der Waals surface area contributed by atoms with Crippen LogP contribution < -0.4 is 5.73 Å². The Kier molecular flexibility index (Phi) is 2.56. The normalized spacial score (nSPS) is 11.0. The minimum Gasteiger partial charge on any atom is -0.434 e. The second-order valence-corrected chi connectivity index (χ2v) is 4.79. The number of aromatic nitrogens is 1. The van der Waals surface area contributed by atoms with Crippen molar-refractivity contribution < 1.29 is 8.81 Å². The van der Waals surface area contributed by atoms with Crippen LogP contribution in [-0.2, 0) is 0 Å². The summed E-state index contributed by atoms with van der Waals surface area (Å²) in [6, 6.07) is 10.0. The first-order valence-corrected chi connectivity index (χ1v) is 6.04. The van der Waals surface area contributed by atoms with Gasteiger partial charge in [-0.1, -0.05) is 22.0 Å². The maximum atomic E-state index is 13.2. The van der Waals surface area contributed by atoms with E-state index in [1.54, 1.807) is 0 Å². The Balaban J connectivity index is 2.22. The maximum Gasteiger partial charge on any atom is 0.227 e. The minimum atomic E-state index is -0.422. The maximum absolute atomic E-state index is 13.2. The second kappa shape index (κ2) is 4.10. The van der Waals surface area contributed by atoms with Gasteiger partial charge in [-0.15, -0.1) is 0 Å². The fraction of sp³-hybridized carbons (Fsp3) is 0. The Hall–Kier alpha value is -1.88. The molecule has 0 atom stereocenters. The summed E-state index contributed by atoms with van der Waals surface area (Å²) in [5.41, 5.74) is 7.58. The van der Waals surface area contributed by atoms with Crippen molar-refractivity contribution in [3.05, 3.63) is 46.7 Å². The van der Waals surface area contributed by atoms with Gasteiger partial charge in [0, 0.05) is 22.2 Å². The summed E-state index contributed by atoms with van der Waals surface area (Å²) in [6.45, 7) is 0. The molecule has 90 valence electrons. The number of hydrogen-bond acceptors (Lipinski definition) is 3. The third kappa shape index (κ3) is 1.86. The number of nitrogens with zero attached hydrogens (tertiary/aromatic N) is 1. The van der Waals surface area contributed by atoms with E-state index in [1.807, 2.05) is 24.3 Å². The molecule has 0 aliphatic carbocycles. The smallest absolute Gasteiger partial charge is 0.227 e. The van der Waals surface area contributed by atoms with Crippen LogP contribution in [0, 0.1) is 5.82 Å². The van der Waals surface area contributed by atoms with Gasteiger partial charge < -0.3 is 10.2 Å². The predicted octanol–water partition coefficient (Wildman–Crippen LogP) is 3.98. The van der Waals surface area contributed by atoms with Crippen molar-refractivity contribution in [2.24, 2.45) is 0 Å². The molecular formula is C13H8BrFN2O. The van der Waals surface area contributed by atoms with Crippen molar-refractivity contribution in [3.63, 3.8) is 0 Å². The van der Waals surface area contributed by atoms with Crippen LogP contribution >= 0.6 is 15.9 Å². The number of rotatable bonds is 1. The van der Waals surface area contributed by atoms with Crippen molar-refractivity contribution in [1.29, 1.82) is 0 Å². The predicted molar refractivity (Wildman–Crippen MR) is 71.5 cm³/mol. The third-order valence-corrected chi connectivity index (χ3v) is 3.05. The topological polar surface area (TPSA) is 52.0 Å². The van der Waals surface area contributed by atoms with Crippen LogP contribution in [0.25, 0.3) is 22.6 Å². The number of anilines is 1. The van der Waals surface area contributed by atoms with Gasteiger partial charge in [-0.25, -0.2) is 9.37 Å². The number of fused-ring (bicyclic) bond motifs is 1. The van der Waals surface area contributed by atoms with Gasteiger partial charge in [0.1, 0.15) is 11.3 Å². The van der Waals surface area contributed by atoms with E-state index in [0.29, 0.717) is 17.0 Å². The highest BCUT2D eigenvalue weighted by molar-refractivity contribution is 9.10. The largest absolute Gasteiger partial charge is 0.434 e. The van der Waals surface area contributed by atoms with Crippen molar-refractivity contribution >= 4 is 32.7 Å².